The predicted octanol–water partition coefficient (Wildman–Crippen LogP) is 4.09. The smallest absolute Gasteiger partial charge is 0.118 e. The predicted molar refractivity (Wildman–Crippen MR) is 111 cm³/mol. The van der Waals surface area contributed by atoms with Crippen molar-refractivity contribution in [1.29, 1.82) is 0 Å². The number of anilines is 1. The lowest BCUT2D eigenvalue weighted by molar-refractivity contribution is 0.415. The van der Waals surface area contributed by atoms with E-state index in [0.717, 1.165) is 49.6 Å². The summed E-state index contributed by atoms with van der Waals surface area (Å²) < 4.78 is 5.23. The number of rotatable bonds is 10. The molecule has 0 aliphatic rings. The van der Waals surface area contributed by atoms with Gasteiger partial charge in [-0.1, -0.05) is 18.2 Å². The van der Waals surface area contributed by atoms with Crippen molar-refractivity contribution in [2.75, 3.05) is 31.6 Å². The molecular formula is C22H28N4O. The Labute approximate surface area is 161 Å². The van der Waals surface area contributed by atoms with Crippen LogP contribution in [0.1, 0.15) is 18.9 Å². The molecule has 5 nitrogen and oxygen atoms in total. The Morgan fingerprint density at radius 1 is 1.07 bits per heavy atom. The van der Waals surface area contributed by atoms with Crippen LogP contribution in [-0.4, -0.2) is 36.9 Å². The van der Waals surface area contributed by atoms with E-state index in [1.54, 1.807) is 7.11 Å². The molecule has 142 valence electrons. The first-order valence-electron chi connectivity index (χ1n) is 9.49. The average Bonchev–Trinajstić information content (AvgIpc) is 3.20. The molecule has 0 saturated carbocycles. The van der Waals surface area contributed by atoms with Gasteiger partial charge in [0.25, 0.3) is 0 Å². The molecule has 2 N–H and O–H groups in total. The van der Waals surface area contributed by atoms with Gasteiger partial charge in [0.2, 0.25) is 0 Å². The molecule has 3 aromatic rings. The third-order valence-electron chi connectivity index (χ3n) is 4.70. The first-order chi connectivity index (χ1) is 13.3. The summed E-state index contributed by atoms with van der Waals surface area (Å²) in [6, 6.07) is 18.6. The lowest BCUT2D eigenvalue weighted by atomic mass is 10.1. The van der Waals surface area contributed by atoms with Crippen LogP contribution in [0.5, 0.6) is 5.75 Å². The zero-order chi connectivity index (χ0) is 18.9. The van der Waals surface area contributed by atoms with Gasteiger partial charge < -0.3 is 15.0 Å². The summed E-state index contributed by atoms with van der Waals surface area (Å²) in [6.07, 6.45) is 2.99. The molecule has 0 atom stereocenters. The van der Waals surface area contributed by atoms with Crippen molar-refractivity contribution in [2.45, 2.75) is 19.9 Å². The number of aromatic amines is 1. The molecule has 0 fully saturated rings. The second kappa shape index (κ2) is 9.78. The number of nitrogens with one attached hydrogen (secondary N) is 2. The molecule has 5 heteroatoms. The maximum absolute atomic E-state index is 5.23. The number of ether oxygens (including phenoxy) is 1. The molecule has 1 heterocycles. The van der Waals surface area contributed by atoms with Gasteiger partial charge in [-0.15, -0.1) is 0 Å². The van der Waals surface area contributed by atoms with Crippen molar-refractivity contribution in [3.8, 4) is 17.0 Å². The fraction of sp³-hybridized carbons (Fsp3) is 0.318. The van der Waals surface area contributed by atoms with Crippen molar-refractivity contribution >= 4 is 5.69 Å². The highest BCUT2D eigenvalue weighted by atomic mass is 16.5. The standard InChI is InChI=1S/C22H28N4O/c1-3-26(20-8-5-4-6-9-20)15-7-14-23-16-19-17-24-25-22(19)18-10-12-21(27-2)13-11-18/h4-6,8-13,17,23H,3,7,14-16H2,1-2H3,(H,24,25). The average molecular weight is 364 g/mol. The Hall–Kier alpha value is -2.79. The molecule has 27 heavy (non-hydrogen) atoms. The molecule has 0 radical (unpaired) electrons. The minimum atomic E-state index is 0.801. The van der Waals surface area contributed by atoms with Crippen LogP contribution < -0.4 is 15.0 Å². The summed E-state index contributed by atoms with van der Waals surface area (Å²) in [5, 5.41) is 10.9. The first kappa shape index (κ1) is 19.0. The zero-order valence-electron chi connectivity index (χ0n) is 16.1. The highest BCUT2D eigenvalue weighted by Gasteiger charge is 2.08. The SMILES string of the molecule is CCN(CCCNCc1cn[nH]c1-c1ccc(OC)cc1)c1ccccc1. The number of aromatic nitrogens is 2. The minimum Gasteiger partial charge on any atom is -0.497 e. The summed E-state index contributed by atoms with van der Waals surface area (Å²) in [4.78, 5) is 2.41. The number of para-hydroxylation sites is 1. The summed E-state index contributed by atoms with van der Waals surface area (Å²) in [5.74, 6) is 0.858. The molecule has 1 aromatic heterocycles. The van der Waals surface area contributed by atoms with Crippen LogP contribution in [0.15, 0.2) is 60.8 Å². The van der Waals surface area contributed by atoms with E-state index in [2.05, 4.69) is 69.8 Å². The minimum absolute atomic E-state index is 0.801. The van der Waals surface area contributed by atoms with Gasteiger partial charge in [0, 0.05) is 36.4 Å². The molecule has 0 saturated heterocycles. The fourth-order valence-corrected chi connectivity index (χ4v) is 3.18. The molecule has 2 aromatic carbocycles. The Kier molecular flexibility index (Phi) is 6.88. The number of benzene rings is 2. The van der Waals surface area contributed by atoms with Crippen LogP contribution >= 0.6 is 0 Å². The summed E-state index contributed by atoms with van der Waals surface area (Å²) in [6.45, 7) is 6.04. The molecule has 3 rings (SSSR count). The second-order valence-corrected chi connectivity index (χ2v) is 6.44. The van der Waals surface area contributed by atoms with Gasteiger partial charge in [0.1, 0.15) is 5.75 Å². The maximum Gasteiger partial charge on any atom is 0.118 e. The van der Waals surface area contributed by atoms with E-state index >= 15 is 0 Å². The Bertz CT molecular complexity index is 799. The molecule has 0 unspecified atom stereocenters. The Morgan fingerprint density at radius 2 is 1.85 bits per heavy atom. The van der Waals surface area contributed by atoms with Gasteiger partial charge in [0.15, 0.2) is 0 Å². The number of nitrogens with zero attached hydrogens (tertiary/aromatic N) is 2. The summed E-state index contributed by atoms with van der Waals surface area (Å²) >= 11 is 0. The largest absolute Gasteiger partial charge is 0.497 e. The van der Waals surface area contributed by atoms with E-state index in [1.807, 2.05) is 18.3 Å². The first-order valence-corrected chi connectivity index (χ1v) is 9.49. The van der Waals surface area contributed by atoms with E-state index < -0.39 is 0 Å². The van der Waals surface area contributed by atoms with E-state index in [1.165, 1.54) is 11.3 Å². The van der Waals surface area contributed by atoms with Crippen LogP contribution in [0.2, 0.25) is 0 Å². The fourth-order valence-electron chi connectivity index (χ4n) is 3.18. The lowest BCUT2D eigenvalue weighted by Crippen LogP contribution is -2.27. The maximum atomic E-state index is 5.23. The third kappa shape index (κ3) is 5.11. The highest BCUT2D eigenvalue weighted by molar-refractivity contribution is 5.63. The quantitative estimate of drug-likeness (QED) is 0.532. The molecule has 0 spiro atoms. The van der Waals surface area contributed by atoms with Gasteiger partial charge >= 0.3 is 0 Å². The van der Waals surface area contributed by atoms with Gasteiger partial charge in [-0.2, -0.15) is 5.10 Å². The molecule has 0 aliphatic heterocycles. The van der Waals surface area contributed by atoms with Crippen LogP contribution in [0.25, 0.3) is 11.3 Å². The monoisotopic (exact) mass is 364 g/mol. The molecular weight excluding hydrogens is 336 g/mol. The van der Waals surface area contributed by atoms with E-state index in [-0.39, 0.29) is 0 Å². The summed E-state index contributed by atoms with van der Waals surface area (Å²) in [7, 11) is 1.68. The summed E-state index contributed by atoms with van der Waals surface area (Å²) in [5.41, 5.74) is 4.64. The zero-order valence-corrected chi connectivity index (χ0v) is 16.1. The molecule has 0 bridgehead atoms. The van der Waals surface area contributed by atoms with Crippen molar-refractivity contribution in [3.05, 3.63) is 66.4 Å². The topological polar surface area (TPSA) is 53.2 Å². The number of hydrogen-bond acceptors (Lipinski definition) is 4. The van der Waals surface area contributed by atoms with E-state index in [9.17, 15) is 0 Å². The number of methoxy groups -OCH3 is 1. The third-order valence-corrected chi connectivity index (χ3v) is 4.70. The number of H-pyrrole nitrogens is 1. The highest BCUT2D eigenvalue weighted by Crippen LogP contribution is 2.23. The van der Waals surface area contributed by atoms with Crippen LogP contribution in [0, 0.1) is 0 Å². The Morgan fingerprint density at radius 3 is 2.56 bits per heavy atom. The molecule has 0 amide bonds. The van der Waals surface area contributed by atoms with Crippen molar-refractivity contribution < 1.29 is 4.74 Å². The number of hydrogen-bond donors (Lipinski definition) is 2. The van der Waals surface area contributed by atoms with Gasteiger partial charge in [-0.05, 0) is 56.3 Å². The van der Waals surface area contributed by atoms with Gasteiger partial charge in [-0.25, -0.2) is 0 Å². The van der Waals surface area contributed by atoms with Crippen LogP contribution in [-0.2, 0) is 6.54 Å². The van der Waals surface area contributed by atoms with Gasteiger partial charge in [0.05, 0.1) is 19.0 Å². The molecule has 0 aliphatic carbocycles. The van der Waals surface area contributed by atoms with Crippen LogP contribution in [0.3, 0.4) is 0 Å². The van der Waals surface area contributed by atoms with E-state index in [4.69, 9.17) is 4.74 Å². The van der Waals surface area contributed by atoms with Crippen molar-refractivity contribution in [1.82, 2.24) is 15.5 Å². The van der Waals surface area contributed by atoms with E-state index in [0.29, 0.717) is 0 Å². The van der Waals surface area contributed by atoms with Crippen molar-refractivity contribution in [3.63, 3.8) is 0 Å². The normalized spacial score (nSPS) is 10.7. The van der Waals surface area contributed by atoms with Gasteiger partial charge in [-0.3, -0.25) is 5.10 Å². The second-order valence-electron chi connectivity index (χ2n) is 6.44. The Balaban J connectivity index is 1.48. The van der Waals surface area contributed by atoms with Crippen LogP contribution in [0.4, 0.5) is 5.69 Å². The van der Waals surface area contributed by atoms with Crippen molar-refractivity contribution in [2.24, 2.45) is 0 Å². The lowest BCUT2D eigenvalue weighted by Gasteiger charge is -2.23.